The fraction of sp³-hybridized carbons (Fsp3) is 0.500. The van der Waals surface area contributed by atoms with Crippen molar-refractivity contribution in [1.29, 1.82) is 0 Å². The molecule has 0 atom stereocenters. The molecule has 7 heteroatoms. The predicted octanol–water partition coefficient (Wildman–Crippen LogP) is 7.08. The van der Waals surface area contributed by atoms with Gasteiger partial charge in [0, 0.05) is 5.56 Å². The Kier molecular flexibility index (Phi) is 14.1. The Balaban J connectivity index is 1.59. The highest BCUT2D eigenvalue weighted by atomic mass is 19.1. The Morgan fingerprint density at radius 3 is 1.98 bits per heavy atom. The van der Waals surface area contributed by atoms with Crippen molar-refractivity contribution in [2.24, 2.45) is 11.8 Å². The van der Waals surface area contributed by atoms with Crippen LogP contribution in [0.1, 0.15) is 81.8 Å². The van der Waals surface area contributed by atoms with Gasteiger partial charge in [-0.05, 0) is 91.9 Å². The molecular formula is C36H47FO6. The topological polar surface area (TPSA) is 93.1 Å². The summed E-state index contributed by atoms with van der Waals surface area (Å²) in [5.41, 5.74) is 3.82. The number of ether oxygens (including phenoxy) is 2. The van der Waals surface area contributed by atoms with Gasteiger partial charge in [-0.2, -0.15) is 0 Å². The van der Waals surface area contributed by atoms with Gasteiger partial charge in [0.05, 0.1) is 37.6 Å². The first-order valence-corrected chi connectivity index (χ1v) is 15.6. The lowest BCUT2D eigenvalue weighted by Crippen LogP contribution is -2.25. The molecule has 3 rings (SSSR count). The largest absolute Gasteiger partial charge is 0.462 e. The maximum absolute atomic E-state index is 15.3. The van der Waals surface area contributed by atoms with E-state index in [9.17, 15) is 9.59 Å². The van der Waals surface area contributed by atoms with Crippen molar-refractivity contribution in [3.63, 3.8) is 0 Å². The van der Waals surface area contributed by atoms with Crippen LogP contribution in [0.4, 0.5) is 4.39 Å². The Labute approximate surface area is 255 Å². The fourth-order valence-corrected chi connectivity index (χ4v) is 5.93. The zero-order valence-corrected chi connectivity index (χ0v) is 25.5. The third-order valence-corrected chi connectivity index (χ3v) is 8.64. The first-order valence-electron chi connectivity index (χ1n) is 15.6. The summed E-state index contributed by atoms with van der Waals surface area (Å²) in [6.45, 7) is 8.63. The van der Waals surface area contributed by atoms with Gasteiger partial charge >= 0.3 is 11.9 Å². The molecule has 0 heterocycles. The van der Waals surface area contributed by atoms with E-state index in [0.29, 0.717) is 24.3 Å². The summed E-state index contributed by atoms with van der Waals surface area (Å²) in [6, 6.07) is 13.9. The van der Waals surface area contributed by atoms with E-state index < -0.39 is 25.2 Å². The Morgan fingerprint density at radius 1 is 0.884 bits per heavy atom. The molecule has 1 saturated carbocycles. The SMILES string of the molecule is C=C(CO)C(=O)OCCC(CCOC(=O)C(=C)CO)C1CCC(c2ccc(-c3ccc(CCCCC)cc3)c(F)c2)CC1. The highest BCUT2D eigenvalue weighted by Gasteiger charge is 2.29. The molecule has 234 valence electrons. The lowest BCUT2D eigenvalue weighted by molar-refractivity contribution is -0.140. The van der Waals surface area contributed by atoms with Gasteiger partial charge in [-0.3, -0.25) is 0 Å². The lowest BCUT2D eigenvalue weighted by atomic mass is 9.72. The fourth-order valence-electron chi connectivity index (χ4n) is 5.93. The second-order valence-corrected chi connectivity index (χ2v) is 11.6. The van der Waals surface area contributed by atoms with Gasteiger partial charge in [-0.25, -0.2) is 14.0 Å². The molecule has 0 spiro atoms. The van der Waals surface area contributed by atoms with Crippen LogP contribution in [-0.4, -0.2) is 48.6 Å². The number of hydrogen-bond acceptors (Lipinski definition) is 6. The number of carbonyl (C=O) groups excluding carboxylic acids is 2. The summed E-state index contributed by atoms with van der Waals surface area (Å²) >= 11 is 0. The monoisotopic (exact) mass is 594 g/mol. The predicted molar refractivity (Wildman–Crippen MR) is 167 cm³/mol. The molecule has 0 bridgehead atoms. The van der Waals surface area contributed by atoms with E-state index in [1.54, 1.807) is 6.07 Å². The lowest BCUT2D eigenvalue weighted by Gasteiger charge is -2.34. The molecule has 0 radical (unpaired) electrons. The number of unbranched alkanes of at least 4 members (excludes halogenated alkanes) is 2. The van der Waals surface area contributed by atoms with Crippen molar-refractivity contribution < 1.29 is 33.7 Å². The molecule has 1 fully saturated rings. The number of aryl methyl sites for hydroxylation is 1. The number of esters is 2. The van der Waals surface area contributed by atoms with E-state index in [-0.39, 0.29) is 42.0 Å². The van der Waals surface area contributed by atoms with Gasteiger partial charge in [-0.15, -0.1) is 0 Å². The van der Waals surface area contributed by atoms with Gasteiger partial charge in [0.1, 0.15) is 5.82 Å². The Hall–Kier alpha value is -3.29. The molecule has 1 aliphatic rings. The van der Waals surface area contributed by atoms with Crippen LogP contribution in [0.2, 0.25) is 0 Å². The van der Waals surface area contributed by atoms with E-state index in [0.717, 1.165) is 43.2 Å². The van der Waals surface area contributed by atoms with Crippen LogP contribution in [0.15, 0.2) is 66.8 Å². The second kappa shape index (κ2) is 17.7. The van der Waals surface area contributed by atoms with Gasteiger partial charge in [0.2, 0.25) is 0 Å². The minimum Gasteiger partial charge on any atom is -0.462 e. The Morgan fingerprint density at radius 2 is 1.47 bits per heavy atom. The van der Waals surface area contributed by atoms with E-state index in [1.807, 2.05) is 18.2 Å². The maximum atomic E-state index is 15.3. The molecule has 2 aromatic carbocycles. The second-order valence-electron chi connectivity index (χ2n) is 11.6. The number of halogens is 1. The van der Waals surface area contributed by atoms with Crippen molar-refractivity contribution in [2.75, 3.05) is 26.4 Å². The number of benzene rings is 2. The van der Waals surface area contributed by atoms with Crippen molar-refractivity contribution in [3.8, 4) is 11.1 Å². The first kappa shape index (κ1) is 34.2. The summed E-state index contributed by atoms with van der Waals surface area (Å²) < 4.78 is 25.9. The van der Waals surface area contributed by atoms with E-state index in [4.69, 9.17) is 19.7 Å². The molecular weight excluding hydrogens is 547 g/mol. The average molecular weight is 595 g/mol. The summed E-state index contributed by atoms with van der Waals surface area (Å²) in [7, 11) is 0. The first-order chi connectivity index (χ1) is 20.8. The van der Waals surface area contributed by atoms with Gasteiger partial charge in [0.25, 0.3) is 0 Å². The van der Waals surface area contributed by atoms with Crippen molar-refractivity contribution in [3.05, 3.63) is 83.7 Å². The molecule has 0 aromatic heterocycles. The zero-order chi connectivity index (χ0) is 31.2. The van der Waals surface area contributed by atoms with Crippen LogP contribution >= 0.6 is 0 Å². The Bertz CT molecular complexity index is 1180. The minimum atomic E-state index is -0.621. The quantitative estimate of drug-likeness (QED) is 0.116. The number of carbonyl (C=O) groups is 2. The molecule has 43 heavy (non-hydrogen) atoms. The minimum absolute atomic E-state index is 0.00572. The average Bonchev–Trinajstić information content (AvgIpc) is 3.03. The van der Waals surface area contributed by atoms with E-state index >= 15 is 4.39 Å². The maximum Gasteiger partial charge on any atom is 0.335 e. The van der Waals surface area contributed by atoms with Crippen LogP contribution in [0, 0.1) is 17.7 Å². The molecule has 1 aliphatic carbocycles. The highest BCUT2D eigenvalue weighted by molar-refractivity contribution is 5.88. The van der Waals surface area contributed by atoms with Crippen molar-refractivity contribution >= 4 is 11.9 Å². The summed E-state index contributed by atoms with van der Waals surface area (Å²) in [5, 5.41) is 18.2. The third kappa shape index (κ3) is 10.4. The molecule has 6 nitrogen and oxygen atoms in total. The van der Waals surface area contributed by atoms with Gasteiger partial charge < -0.3 is 19.7 Å². The summed E-state index contributed by atoms with van der Waals surface area (Å²) in [6.07, 6.45) is 9.46. The molecule has 0 unspecified atom stereocenters. The number of hydrogen-bond donors (Lipinski definition) is 2. The van der Waals surface area contributed by atoms with E-state index in [1.165, 1.54) is 24.8 Å². The van der Waals surface area contributed by atoms with Gasteiger partial charge in [-0.1, -0.05) is 69.3 Å². The normalized spacial score (nSPS) is 16.6. The highest BCUT2D eigenvalue weighted by Crippen LogP contribution is 2.41. The number of aliphatic hydroxyl groups excluding tert-OH is 2. The smallest absolute Gasteiger partial charge is 0.335 e. The van der Waals surface area contributed by atoms with Crippen molar-refractivity contribution in [1.82, 2.24) is 0 Å². The molecule has 0 aliphatic heterocycles. The summed E-state index contributed by atoms with van der Waals surface area (Å²) in [4.78, 5) is 23.9. The molecule has 2 N–H and O–H groups in total. The summed E-state index contributed by atoms with van der Waals surface area (Å²) in [5.74, 6) is -0.717. The van der Waals surface area contributed by atoms with E-state index in [2.05, 4.69) is 38.3 Å². The van der Waals surface area contributed by atoms with Crippen LogP contribution in [0.25, 0.3) is 11.1 Å². The van der Waals surface area contributed by atoms with Crippen LogP contribution < -0.4 is 0 Å². The van der Waals surface area contributed by atoms with Crippen LogP contribution in [0.5, 0.6) is 0 Å². The van der Waals surface area contributed by atoms with Gasteiger partial charge in [0.15, 0.2) is 0 Å². The molecule has 2 aromatic rings. The third-order valence-electron chi connectivity index (χ3n) is 8.64. The standard InChI is InChI=1S/C36H47FO6/c1-4-5-6-7-27-8-10-31(11-9-27)33-17-16-32(22-34(33)37)29-14-12-28(13-15-29)30(18-20-42-35(40)25(2)23-38)19-21-43-36(41)26(3)24-39/h8-11,16-17,22,28-30,38-39H,2-7,12-15,18-21,23-24H2,1H3. The van der Waals surface area contributed by atoms with Crippen LogP contribution in [-0.2, 0) is 25.5 Å². The molecule has 0 saturated heterocycles. The van der Waals surface area contributed by atoms with Crippen LogP contribution in [0.3, 0.4) is 0 Å². The molecule has 0 amide bonds. The van der Waals surface area contributed by atoms with Crippen molar-refractivity contribution in [2.45, 2.75) is 77.0 Å². The number of rotatable bonds is 17. The number of aliphatic hydroxyl groups is 2. The zero-order valence-electron chi connectivity index (χ0n) is 25.5.